The number of carbonyl (C=O) groups is 2. The highest BCUT2D eigenvalue weighted by Crippen LogP contribution is 2.20. The lowest BCUT2D eigenvalue weighted by Gasteiger charge is -2.30. The van der Waals surface area contributed by atoms with Crippen molar-refractivity contribution in [2.24, 2.45) is 5.92 Å². The number of benzene rings is 2. The molecule has 0 unspecified atom stereocenters. The van der Waals surface area contributed by atoms with Crippen molar-refractivity contribution in [1.82, 2.24) is 14.5 Å². The van der Waals surface area contributed by atoms with E-state index in [9.17, 15) is 18.0 Å². The first-order chi connectivity index (χ1) is 15.4. The van der Waals surface area contributed by atoms with E-state index in [-0.39, 0.29) is 23.3 Å². The third-order valence-corrected chi connectivity index (χ3v) is 7.42. The predicted molar refractivity (Wildman–Crippen MR) is 130 cm³/mol. The van der Waals surface area contributed by atoms with Gasteiger partial charge in [-0.25, -0.2) is 8.42 Å². The van der Waals surface area contributed by atoms with Crippen LogP contribution in [-0.4, -0.2) is 55.6 Å². The summed E-state index contributed by atoms with van der Waals surface area (Å²) in [5.74, 6) is -0.562. The molecule has 2 amide bonds. The highest BCUT2D eigenvalue weighted by atomic mass is 35.5. The predicted octanol–water partition coefficient (Wildman–Crippen LogP) is 3.46. The monoisotopic (exact) mass is 493 g/mol. The zero-order chi connectivity index (χ0) is 24.8. The van der Waals surface area contributed by atoms with E-state index >= 15 is 0 Å². The first kappa shape index (κ1) is 26.8. The fourth-order valence-electron chi connectivity index (χ4n) is 3.10. The van der Waals surface area contributed by atoms with Gasteiger partial charge in [0.1, 0.15) is 6.04 Å². The maximum absolute atomic E-state index is 13.3. The van der Waals surface area contributed by atoms with Crippen LogP contribution in [-0.2, 0) is 26.2 Å². The maximum Gasteiger partial charge on any atom is 0.243 e. The van der Waals surface area contributed by atoms with E-state index in [2.05, 4.69) is 5.32 Å². The molecule has 0 aromatic heterocycles. The lowest BCUT2D eigenvalue weighted by Crippen LogP contribution is -2.51. The van der Waals surface area contributed by atoms with Gasteiger partial charge in [-0.15, -0.1) is 0 Å². The second-order valence-electron chi connectivity index (χ2n) is 8.50. The molecule has 33 heavy (non-hydrogen) atoms. The Morgan fingerprint density at radius 3 is 2.21 bits per heavy atom. The minimum absolute atomic E-state index is 0.0766. The van der Waals surface area contributed by atoms with Crippen molar-refractivity contribution in [1.29, 1.82) is 0 Å². The number of hydrogen-bond acceptors (Lipinski definition) is 4. The summed E-state index contributed by atoms with van der Waals surface area (Å²) in [4.78, 5) is 27.5. The number of carbonyl (C=O) groups excluding carboxylic acids is 2. The summed E-state index contributed by atoms with van der Waals surface area (Å²) in [5, 5.41) is 3.30. The van der Waals surface area contributed by atoms with Crippen LogP contribution in [0.15, 0.2) is 53.4 Å². The Morgan fingerprint density at radius 2 is 1.64 bits per heavy atom. The summed E-state index contributed by atoms with van der Waals surface area (Å²) in [7, 11) is -2.52. The summed E-state index contributed by atoms with van der Waals surface area (Å²) < 4.78 is 26.9. The zero-order valence-corrected chi connectivity index (χ0v) is 21.3. The number of hydrogen-bond donors (Lipinski definition) is 1. The van der Waals surface area contributed by atoms with Crippen LogP contribution in [0.5, 0.6) is 0 Å². The Balaban J connectivity index is 2.27. The van der Waals surface area contributed by atoms with E-state index in [0.717, 1.165) is 9.87 Å². The van der Waals surface area contributed by atoms with Gasteiger partial charge in [-0.05, 0) is 43.5 Å². The van der Waals surface area contributed by atoms with Crippen LogP contribution in [0, 0.1) is 12.8 Å². The number of nitrogens with one attached hydrogen (secondary N) is 1. The van der Waals surface area contributed by atoms with Crippen LogP contribution in [0.1, 0.15) is 31.9 Å². The average molecular weight is 494 g/mol. The molecule has 7 nitrogen and oxygen atoms in total. The number of amides is 2. The Labute approximate surface area is 201 Å². The second-order valence-corrected chi connectivity index (χ2v) is 11.0. The summed E-state index contributed by atoms with van der Waals surface area (Å²) in [6.07, 6.45) is 0. The Bertz CT molecular complexity index is 1070. The normalized spacial score (nSPS) is 12.6. The van der Waals surface area contributed by atoms with E-state index in [4.69, 9.17) is 11.6 Å². The van der Waals surface area contributed by atoms with Gasteiger partial charge in [0.05, 0.1) is 11.4 Å². The zero-order valence-electron chi connectivity index (χ0n) is 19.7. The van der Waals surface area contributed by atoms with Crippen molar-refractivity contribution < 1.29 is 18.0 Å². The number of aryl methyl sites for hydroxylation is 1. The molecule has 0 aliphatic rings. The van der Waals surface area contributed by atoms with Crippen LogP contribution in [0.4, 0.5) is 0 Å². The Kier molecular flexibility index (Phi) is 9.46. The van der Waals surface area contributed by atoms with E-state index in [0.29, 0.717) is 17.1 Å². The highest BCUT2D eigenvalue weighted by molar-refractivity contribution is 7.89. The van der Waals surface area contributed by atoms with Crippen molar-refractivity contribution in [3.63, 3.8) is 0 Å². The van der Waals surface area contributed by atoms with Crippen molar-refractivity contribution in [2.45, 2.75) is 45.2 Å². The molecule has 2 rings (SSSR count). The minimum atomic E-state index is -3.87. The molecule has 9 heteroatoms. The van der Waals surface area contributed by atoms with Gasteiger partial charge >= 0.3 is 0 Å². The van der Waals surface area contributed by atoms with Gasteiger partial charge in [0.2, 0.25) is 21.8 Å². The fraction of sp³-hybridized carbons (Fsp3) is 0.417. The van der Waals surface area contributed by atoms with Gasteiger partial charge in [0.25, 0.3) is 0 Å². The molecule has 0 aliphatic carbocycles. The third kappa shape index (κ3) is 7.28. The molecule has 0 spiro atoms. The first-order valence-electron chi connectivity index (χ1n) is 10.8. The highest BCUT2D eigenvalue weighted by Gasteiger charge is 2.30. The van der Waals surface area contributed by atoms with E-state index in [1.165, 1.54) is 24.1 Å². The molecule has 2 aromatic rings. The minimum Gasteiger partial charge on any atom is -0.354 e. The molecule has 0 aliphatic heterocycles. The van der Waals surface area contributed by atoms with Gasteiger partial charge < -0.3 is 10.2 Å². The van der Waals surface area contributed by atoms with Crippen LogP contribution in [0.3, 0.4) is 0 Å². The summed E-state index contributed by atoms with van der Waals surface area (Å²) in [6, 6.07) is 12.7. The van der Waals surface area contributed by atoms with Gasteiger partial charge in [-0.1, -0.05) is 61.3 Å². The van der Waals surface area contributed by atoms with Crippen molar-refractivity contribution >= 4 is 33.4 Å². The SMILES string of the molecule is Cc1ccc(S(=O)(=O)N(C)CC(=O)N(Cc2ccccc2Cl)[C@@H](C)C(=O)NCC(C)C)cc1. The Hall–Kier alpha value is -2.42. The molecule has 1 N–H and O–H groups in total. The number of likely N-dealkylation sites (N-methyl/N-ethyl adjacent to an activating group) is 1. The molecule has 0 fully saturated rings. The van der Waals surface area contributed by atoms with Crippen LogP contribution < -0.4 is 5.32 Å². The maximum atomic E-state index is 13.3. The molecular weight excluding hydrogens is 462 g/mol. The molecule has 2 aromatic carbocycles. The fourth-order valence-corrected chi connectivity index (χ4v) is 4.42. The van der Waals surface area contributed by atoms with Crippen molar-refractivity contribution in [3.8, 4) is 0 Å². The molecular formula is C24H32ClN3O4S. The molecule has 0 radical (unpaired) electrons. The molecule has 0 saturated heterocycles. The molecule has 180 valence electrons. The first-order valence-corrected chi connectivity index (χ1v) is 12.6. The standard InChI is InChI=1S/C24H32ClN3O4S/c1-17(2)14-26-24(30)19(4)28(15-20-8-6-7-9-22(20)25)23(29)16-27(5)33(31,32)21-12-10-18(3)11-13-21/h6-13,17,19H,14-16H2,1-5H3,(H,26,30)/t19-/m0/s1. The molecule has 0 heterocycles. The molecule has 0 bridgehead atoms. The molecule has 1 atom stereocenters. The van der Waals surface area contributed by atoms with Crippen LogP contribution in [0.2, 0.25) is 5.02 Å². The summed E-state index contributed by atoms with van der Waals surface area (Å²) in [5.41, 5.74) is 1.60. The largest absolute Gasteiger partial charge is 0.354 e. The van der Waals surface area contributed by atoms with Gasteiger partial charge in [-0.3, -0.25) is 9.59 Å². The van der Waals surface area contributed by atoms with Gasteiger partial charge in [-0.2, -0.15) is 4.31 Å². The van der Waals surface area contributed by atoms with Crippen molar-refractivity contribution in [3.05, 3.63) is 64.7 Å². The van der Waals surface area contributed by atoms with E-state index in [1.54, 1.807) is 43.3 Å². The molecule has 0 saturated carbocycles. The number of rotatable bonds is 10. The van der Waals surface area contributed by atoms with E-state index < -0.39 is 28.5 Å². The van der Waals surface area contributed by atoms with E-state index in [1.807, 2.05) is 20.8 Å². The smallest absolute Gasteiger partial charge is 0.243 e. The lowest BCUT2D eigenvalue weighted by molar-refractivity contribution is -0.140. The quantitative estimate of drug-likeness (QED) is 0.549. The van der Waals surface area contributed by atoms with Crippen LogP contribution in [0.25, 0.3) is 0 Å². The topological polar surface area (TPSA) is 86.8 Å². The second kappa shape index (κ2) is 11.6. The average Bonchev–Trinajstić information content (AvgIpc) is 2.76. The van der Waals surface area contributed by atoms with Gasteiger partial charge in [0.15, 0.2) is 0 Å². The van der Waals surface area contributed by atoms with Crippen molar-refractivity contribution in [2.75, 3.05) is 20.1 Å². The number of halogens is 1. The summed E-state index contributed by atoms with van der Waals surface area (Å²) in [6.45, 7) is 7.57. The number of sulfonamides is 1. The summed E-state index contributed by atoms with van der Waals surface area (Å²) >= 11 is 6.29. The van der Waals surface area contributed by atoms with Crippen LogP contribution >= 0.6 is 11.6 Å². The van der Waals surface area contributed by atoms with Gasteiger partial charge in [0, 0.05) is 25.2 Å². The lowest BCUT2D eigenvalue weighted by atomic mass is 10.1. The number of nitrogens with zero attached hydrogens (tertiary/aromatic N) is 2. The Morgan fingerprint density at radius 1 is 1.03 bits per heavy atom. The third-order valence-electron chi connectivity index (χ3n) is 5.24.